The van der Waals surface area contributed by atoms with Crippen molar-refractivity contribution < 1.29 is 4.74 Å². The van der Waals surface area contributed by atoms with Gasteiger partial charge in [-0.15, -0.1) is 24.0 Å². The smallest absolute Gasteiger partial charge is 0.191 e. The summed E-state index contributed by atoms with van der Waals surface area (Å²) in [7, 11) is 0. The van der Waals surface area contributed by atoms with Gasteiger partial charge in [-0.1, -0.05) is 32.0 Å². The molecule has 0 amide bonds. The van der Waals surface area contributed by atoms with Gasteiger partial charge in [0.25, 0.3) is 0 Å². The molecule has 8 heteroatoms. The molecule has 3 rings (SSSR count). The van der Waals surface area contributed by atoms with Gasteiger partial charge in [0, 0.05) is 24.9 Å². The maximum Gasteiger partial charge on any atom is 0.191 e. The number of fused-ring (bicyclic) bond motifs is 1. The number of aliphatic imine (C=N–C) groups is 1. The third-order valence-electron chi connectivity index (χ3n) is 4.66. The second-order valence-corrected chi connectivity index (χ2v) is 7.56. The number of para-hydroxylation sites is 1. The van der Waals surface area contributed by atoms with Crippen LogP contribution in [0.3, 0.4) is 0 Å². The van der Waals surface area contributed by atoms with Gasteiger partial charge in [0.05, 0.1) is 13.1 Å². The topological polar surface area (TPSA) is 76.4 Å². The first kappa shape index (κ1) is 23.4. The molecule has 0 bridgehead atoms. The fourth-order valence-electron chi connectivity index (χ4n) is 3.19. The van der Waals surface area contributed by atoms with Crippen LogP contribution >= 0.6 is 24.0 Å². The highest BCUT2D eigenvalue weighted by atomic mass is 127. The molecule has 1 aliphatic rings. The number of nitrogens with zero attached hydrogens (tertiary/aromatic N) is 4. The van der Waals surface area contributed by atoms with Crippen molar-refractivity contribution in [2.75, 3.05) is 13.1 Å². The van der Waals surface area contributed by atoms with Crippen molar-refractivity contribution in [2.45, 2.75) is 65.1 Å². The van der Waals surface area contributed by atoms with E-state index in [1.165, 1.54) is 0 Å². The molecule has 1 aromatic heterocycles. The van der Waals surface area contributed by atoms with Crippen molar-refractivity contribution in [1.29, 1.82) is 0 Å². The molecule has 2 atom stereocenters. The van der Waals surface area contributed by atoms with Crippen LogP contribution in [0.2, 0.25) is 0 Å². The average molecular weight is 512 g/mol. The van der Waals surface area contributed by atoms with E-state index in [9.17, 15) is 0 Å². The van der Waals surface area contributed by atoms with E-state index in [1.807, 2.05) is 41.9 Å². The molecule has 29 heavy (non-hydrogen) atoms. The van der Waals surface area contributed by atoms with Gasteiger partial charge in [0.15, 0.2) is 11.8 Å². The summed E-state index contributed by atoms with van der Waals surface area (Å²) in [6, 6.07) is 10.2. The summed E-state index contributed by atoms with van der Waals surface area (Å²) in [6.45, 7) is 10.6. The molecule has 1 aromatic carbocycles. The fraction of sp³-hybridized carbons (Fsp3) is 0.571. The first-order valence-corrected chi connectivity index (χ1v) is 10.2. The number of aryl methyl sites for hydroxylation is 1. The monoisotopic (exact) mass is 512 g/mol. The maximum absolute atomic E-state index is 5.92. The third kappa shape index (κ3) is 6.87. The Morgan fingerprint density at radius 3 is 2.72 bits per heavy atom. The number of halogens is 1. The van der Waals surface area contributed by atoms with Gasteiger partial charge in [0.2, 0.25) is 0 Å². The van der Waals surface area contributed by atoms with Crippen LogP contribution in [0.15, 0.2) is 35.3 Å². The summed E-state index contributed by atoms with van der Waals surface area (Å²) in [5.41, 5.74) is 0. The molecule has 160 valence electrons. The van der Waals surface area contributed by atoms with E-state index in [4.69, 9.17) is 9.73 Å². The van der Waals surface area contributed by atoms with E-state index in [-0.39, 0.29) is 36.1 Å². The van der Waals surface area contributed by atoms with Gasteiger partial charge < -0.3 is 15.4 Å². The summed E-state index contributed by atoms with van der Waals surface area (Å²) in [5.74, 6) is 4.07. The number of hydrogen-bond donors (Lipinski definition) is 2. The Morgan fingerprint density at radius 1 is 1.28 bits per heavy atom. The normalized spacial score (nSPS) is 17.3. The predicted octanol–water partition coefficient (Wildman–Crippen LogP) is 3.36. The zero-order valence-corrected chi connectivity index (χ0v) is 20.1. The number of aromatic nitrogens is 3. The van der Waals surface area contributed by atoms with Crippen molar-refractivity contribution in [3.63, 3.8) is 0 Å². The Balaban J connectivity index is 0.00000300. The van der Waals surface area contributed by atoms with E-state index >= 15 is 0 Å². The lowest BCUT2D eigenvalue weighted by Gasteiger charge is -2.25. The van der Waals surface area contributed by atoms with Crippen molar-refractivity contribution in [1.82, 2.24) is 25.4 Å². The second-order valence-electron chi connectivity index (χ2n) is 7.56. The summed E-state index contributed by atoms with van der Waals surface area (Å²) in [6.07, 6.45) is 1.96. The first-order valence-electron chi connectivity index (χ1n) is 10.2. The fourth-order valence-corrected chi connectivity index (χ4v) is 3.19. The van der Waals surface area contributed by atoms with Crippen molar-refractivity contribution in [3.05, 3.63) is 42.0 Å². The van der Waals surface area contributed by atoms with Gasteiger partial charge in [0.1, 0.15) is 17.7 Å². The minimum atomic E-state index is -0.000250. The zero-order chi connectivity index (χ0) is 19.9. The van der Waals surface area contributed by atoms with Crippen LogP contribution in [0, 0.1) is 0 Å². The van der Waals surface area contributed by atoms with Crippen LogP contribution in [-0.4, -0.2) is 46.0 Å². The first-order chi connectivity index (χ1) is 13.5. The van der Waals surface area contributed by atoms with Crippen molar-refractivity contribution >= 4 is 29.9 Å². The molecule has 0 radical (unpaired) electrons. The van der Waals surface area contributed by atoms with Gasteiger partial charge in [-0.25, -0.2) is 14.7 Å². The standard InChI is InChI=1S/C21H32N6O.HI/c1-5-22-21(23-13-16(4)28-18-9-7-6-8-10-18)24-17-11-12-19-25-20(15(2)3)26-27(19)14-17;/h6-10,15-17H,5,11-14H2,1-4H3,(H2,22,23,24);1H. The Bertz CT molecular complexity index is 777. The largest absolute Gasteiger partial charge is 0.489 e. The Kier molecular flexibility index (Phi) is 9.19. The van der Waals surface area contributed by atoms with E-state index < -0.39 is 0 Å². The van der Waals surface area contributed by atoms with Crippen molar-refractivity contribution in [3.8, 4) is 5.75 Å². The SMILES string of the molecule is CCNC(=NCC(C)Oc1ccccc1)NC1CCc2nc(C(C)C)nn2C1.I. The lowest BCUT2D eigenvalue weighted by Crippen LogP contribution is -2.47. The molecule has 0 aliphatic carbocycles. The van der Waals surface area contributed by atoms with Gasteiger partial charge in [-0.2, -0.15) is 5.10 Å². The summed E-state index contributed by atoms with van der Waals surface area (Å²) < 4.78 is 7.96. The summed E-state index contributed by atoms with van der Waals surface area (Å²) >= 11 is 0. The number of rotatable bonds is 7. The highest BCUT2D eigenvalue weighted by Gasteiger charge is 2.23. The number of guanidine groups is 1. The molecular weight excluding hydrogens is 479 g/mol. The number of benzene rings is 1. The van der Waals surface area contributed by atoms with E-state index in [1.54, 1.807) is 0 Å². The van der Waals surface area contributed by atoms with Gasteiger partial charge in [-0.3, -0.25) is 0 Å². The Morgan fingerprint density at radius 2 is 2.03 bits per heavy atom. The molecule has 2 N–H and O–H groups in total. The van der Waals surface area contributed by atoms with Crippen LogP contribution in [0.25, 0.3) is 0 Å². The van der Waals surface area contributed by atoms with Crippen molar-refractivity contribution in [2.24, 2.45) is 4.99 Å². The maximum atomic E-state index is 5.92. The van der Waals surface area contributed by atoms with E-state index in [0.717, 1.165) is 49.3 Å². The molecule has 2 unspecified atom stereocenters. The highest BCUT2D eigenvalue weighted by molar-refractivity contribution is 14.0. The van der Waals surface area contributed by atoms with Crippen LogP contribution in [-0.2, 0) is 13.0 Å². The number of hydrogen-bond acceptors (Lipinski definition) is 4. The van der Waals surface area contributed by atoms with Crippen LogP contribution < -0.4 is 15.4 Å². The van der Waals surface area contributed by atoms with Crippen LogP contribution in [0.5, 0.6) is 5.75 Å². The highest BCUT2D eigenvalue weighted by Crippen LogP contribution is 2.17. The molecule has 0 saturated heterocycles. The lowest BCUT2D eigenvalue weighted by atomic mass is 10.1. The van der Waals surface area contributed by atoms with Gasteiger partial charge in [-0.05, 0) is 32.4 Å². The average Bonchev–Trinajstić information content (AvgIpc) is 3.11. The predicted molar refractivity (Wildman–Crippen MR) is 127 cm³/mol. The lowest BCUT2D eigenvalue weighted by molar-refractivity contribution is 0.230. The summed E-state index contributed by atoms with van der Waals surface area (Å²) in [4.78, 5) is 9.38. The molecule has 7 nitrogen and oxygen atoms in total. The summed E-state index contributed by atoms with van der Waals surface area (Å²) in [5, 5.41) is 11.5. The van der Waals surface area contributed by atoms with E-state index in [2.05, 4.69) is 41.5 Å². The van der Waals surface area contributed by atoms with E-state index in [0.29, 0.717) is 12.5 Å². The zero-order valence-electron chi connectivity index (χ0n) is 17.8. The van der Waals surface area contributed by atoms with Gasteiger partial charge >= 0.3 is 0 Å². The minimum absolute atomic E-state index is 0. The number of ether oxygens (including phenoxy) is 1. The molecule has 0 fully saturated rings. The molecule has 2 aromatic rings. The van der Waals surface area contributed by atoms with Crippen LogP contribution in [0.1, 0.15) is 51.7 Å². The van der Waals surface area contributed by atoms with Crippen LogP contribution in [0.4, 0.5) is 0 Å². The molecular formula is C21H33IN6O. The Labute approximate surface area is 190 Å². The molecule has 1 aliphatic heterocycles. The third-order valence-corrected chi connectivity index (χ3v) is 4.66. The quantitative estimate of drug-likeness (QED) is 0.338. The Hall–Kier alpha value is -1.84. The molecule has 0 spiro atoms. The molecule has 2 heterocycles. The number of nitrogens with one attached hydrogen (secondary N) is 2. The minimum Gasteiger partial charge on any atom is -0.489 e. The molecule has 0 saturated carbocycles. The second kappa shape index (κ2) is 11.4.